The van der Waals surface area contributed by atoms with E-state index in [0.717, 1.165) is 12.1 Å². The van der Waals surface area contributed by atoms with E-state index in [0.29, 0.717) is 5.56 Å². The van der Waals surface area contributed by atoms with Crippen molar-refractivity contribution in [1.29, 1.82) is 0 Å². The number of amides is 1. The topological polar surface area (TPSA) is 55.4 Å². The zero-order valence-electron chi connectivity index (χ0n) is 12.4. The van der Waals surface area contributed by atoms with E-state index >= 15 is 0 Å². The molecule has 1 unspecified atom stereocenters. The van der Waals surface area contributed by atoms with Crippen molar-refractivity contribution in [2.24, 2.45) is 0 Å². The smallest absolute Gasteiger partial charge is 0.416 e. The van der Waals surface area contributed by atoms with Crippen molar-refractivity contribution in [2.45, 2.75) is 31.9 Å². The Balaban J connectivity index is 2.49. The molecule has 1 atom stereocenters. The number of alkyl halides is 3. The lowest BCUT2D eigenvalue weighted by atomic mass is 9.96. The number of carbonyl (C=O) groups is 2. The second-order valence-corrected chi connectivity index (χ2v) is 4.90. The van der Waals surface area contributed by atoms with E-state index in [1.807, 2.05) is 0 Å². The highest BCUT2D eigenvalue weighted by Gasteiger charge is 2.30. The summed E-state index contributed by atoms with van der Waals surface area (Å²) in [5.74, 6) is -0.909. The molecule has 0 aromatic heterocycles. The number of carbonyl (C=O) groups excluding carboxylic acids is 2. The van der Waals surface area contributed by atoms with Gasteiger partial charge in [-0.2, -0.15) is 13.2 Å². The average molecular weight is 317 g/mol. The first-order chi connectivity index (χ1) is 10.2. The number of hydrogen-bond acceptors (Lipinski definition) is 3. The number of ether oxygens (including phenoxy) is 1. The molecular weight excluding hydrogens is 299 g/mol. The molecule has 22 heavy (non-hydrogen) atoms. The zero-order valence-corrected chi connectivity index (χ0v) is 12.4. The molecule has 0 spiro atoms. The van der Waals surface area contributed by atoms with E-state index in [9.17, 15) is 22.8 Å². The minimum atomic E-state index is -4.37. The fourth-order valence-corrected chi connectivity index (χ4v) is 1.87. The summed E-state index contributed by atoms with van der Waals surface area (Å²) in [7, 11) is 1.26. The lowest BCUT2D eigenvalue weighted by Gasteiger charge is -2.13. The third-order valence-electron chi connectivity index (χ3n) is 3.18. The summed E-state index contributed by atoms with van der Waals surface area (Å²) >= 11 is 0. The quantitative estimate of drug-likeness (QED) is 0.821. The first-order valence-electron chi connectivity index (χ1n) is 6.74. The Bertz CT molecular complexity index is 512. The molecule has 0 saturated carbocycles. The Morgan fingerprint density at radius 1 is 1.23 bits per heavy atom. The average Bonchev–Trinajstić information content (AvgIpc) is 2.46. The molecule has 1 amide bonds. The van der Waals surface area contributed by atoms with E-state index in [-0.39, 0.29) is 31.2 Å². The standard InChI is InChI=1S/C15H18F3NO3/c1-10(9-13(20)19-8-7-14(21)22-2)11-3-5-12(6-4-11)15(16,17)18/h3-6,10H,7-9H2,1-2H3,(H,19,20). The van der Waals surface area contributed by atoms with Crippen LogP contribution in [0.15, 0.2) is 24.3 Å². The minimum absolute atomic E-state index is 0.0803. The highest BCUT2D eigenvalue weighted by molar-refractivity contribution is 5.77. The molecule has 0 bridgehead atoms. The minimum Gasteiger partial charge on any atom is -0.469 e. The SMILES string of the molecule is COC(=O)CCNC(=O)CC(C)c1ccc(C(F)(F)F)cc1. The molecule has 7 heteroatoms. The molecule has 122 valence electrons. The van der Waals surface area contributed by atoms with Crippen LogP contribution >= 0.6 is 0 Å². The van der Waals surface area contributed by atoms with Gasteiger partial charge in [-0.1, -0.05) is 19.1 Å². The molecule has 1 N–H and O–H groups in total. The van der Waals surface area contributed by atoms with E-state index in [1.54, 1.807) is 6.92 Å². The molecule has 0 heterocycles. The largest absolute Gasteiger partial charge is 0.469 e. The molecule has 0 radical (unpaired) electrons. The molecular formula is C15H18F3NO3. The van der Waals surface area contributed by atoms with Gasteiger partial charge < -0.3 is 10.1 Å². The number of esters is 1. The van der Waals surface area contributed by atoms with E-state index in [1.165, 1.54) is 19.2 Å². The van der Waals surface area contributed by atoms with Gasteiger partial charge in [-0.15, -0.1) is 0 Å². The first-order valence-corrected chi connectivity index (χ1v) is 6.74. The Morgan fingerprint density at radius 2 is 1.82 bits per heavy atom. The van der Waals surface area contributed by atoms with E-state index in [2.05, 4.69) is 10.1 Å². The molecule has 1 aromatic carbocycles. The van der Waals surface area contributed by atoms with Crippen LogP contribution in [0.3, 0.4) is 0 Å². The van der Waals surface area contributed by atoms with Crippen LogP contribution in [0.2, 0.25) is 0 Å². The van der Waals surface area contributed by atoms with E-state index in [4.69, 9.17) is 0 Å². The lowest BCUT2D eigenvalue weighted by Crippen LogP contribution is -2.27. The van der Waals surface area contributed by atoms with Crippen LogP contribution in [0.5, 0.6) is 0 Å². The summed E-state index contributed by atoms with van der Waals surface area (Å²) in [6.07, 6.45) is -4.16. The van der Waals surface area contributed by atoms with Crippen molar-refractivity contribution in [3.05, 3.63) is 35.4 Å². The van der Waals surface area contributed by atoms with Crippen LogP contribution in [0.1, 0.15) is 36.8 Å². The summed E-state index contributed by atoms with van der Waals surface area (Å²) in [5.41, 5.74) is -0.0675. The van der Waals surface area contributed by atoms with Crippen molar-refractivity contribution in [3.63, 3.8) is 0 Å². The maximum absolute atomic E-state index is 12.5. The molecule has 1 aromatic rings. The predicted octanol–water partition coefficient (Wildman–Crippen LogP) is 2.88. The predicted molar refractivity (Wildman–Crippen MR) is 74.1 cm³/mol. The fraction of sp³-hybridized carbons (Fsp3) is 0.467. The number of nitrogens with one attached hydrogen (secondary N) is 1. The van der Waals surface area contributed by atoms with Crippen LogP contribution in [0.4, 0.5) is 13.2 Å². The Morgan fingerprint density at radius 3 is 2.32 bits per heavy atom. The van der Waals surface area contributed by atoms with Crippen LogP contribution in [-0.2, 0) is 20.5 Å². The van der Waals surface area contributed by atoms with Crippen molar-refractivity contribution in [3.8, 4) is 0 Å². The Hall–Kier alpha value is -2.05. The molecule has 4 nitrogen and oxygen atoms in total. The maximum atomic E-state index is 12.5. The van der Waals surface area contributed by atoms with Gasteiger partial charge in [0, 0.05) is 13.0 Å². The molecule has 0 aliphatic rings. The maximum Gasteiger partial charge on any atom is 0.416 e. The Kier molecular flexibility index (Phi) is 6.39. The third-order valence-corrected chi connectivity index (χ3v) is 3.18. The normalized spacial score (nSPS) is 12.6. The second kappa shape index (κ2) is 7.82. The summed E-state index contributed by atoms with van der Waals surface area (Å²) in [6.45, 7) is 1.92. The van der Waals surface area contributed by atoms with Crippen molar-refractivity contribution in [1.82, 2.24) is 5.32 Å². The highest BCUT2D eigenvalue weighted by Crippen LogP contribution is 2.30. The van der Waals surface area contributed by atoms with E-state index < -0.39 is 17.7 Å². The number of benzene rings is 1. The van der Waals surface area contributed by atoms with Gasteiger partial charge in [0.15, 0.2) is 0 Å². The first kappa shape index (κ1) is 18.0. The van der Waals surface area contributed by atoms with Crippen LogP contribution < -0.4 is 5.32 Å². The lowest BCUT2D eigenvalue weighted by molar-refractivity contribution is -0.140. The Labute approximate surface area is 126 Å². The number of rotatable bonds is 6. The summed E-state index contributed by atoms with van der Waals surface area (Å²) in [4.78, 5) is 22.6. The van der Waals surface area contributed by atoms with Gasteiger partial charge in [-0.3, -0.25) is 9.59 Å². The van der Waals surface area contributed by atoms with Crippen LogP contribution in [-0.4, -0.2) is 25.5 Å². The number of halogens is 3. The van der Waals surface area contributed by atoms with Crippen molar-refractivity contribution in [2.75, 3.05) is 13.7 Å². The van der Waals surface area contributed by atoms with Gasteiger partial charge >= 0.3 is 12.1 Å². The zero-order chi connectivity index (χ0) is 16.8. The third kappa shape index (κ3) is 5.75. The molecule has 0 fully saturated rings. The molecule has 1 rings (SSSR count). The summed E-state index contributed by atoms with van der Waals surface area (Å²) in [6, 6.07) is 4.74. The van der Waals surface area contributed by atoms with Gasteiger partial charge in [0.05, 0.1) is 19.1 Å². The van der Waals surface area contributed by atoms with Crippen molar-refractivity contribution >= 4 is 11.9 Å². The van der Waals surface area contributed by atoms with Crippen molar-refractivity contribution < 1.29 is 27.5 Å². The van der Waals surface area contributed by atoms with Gasteiger partial charge in [0.2, 0.25) is 5.91 Å². The second-order valence-electron chi connectivity index (χ2n) is 4.90. The monoisotopic (exact) mass is 317 g/mol. The summed E-state index contributed by atoms with van der Waals surface area (Å²) in [5, 5.41) is 2.56. The number of hydrogen-bond donors (Lipinski definition) is 1. The van der Waals surface area contributed by atoms with Gasteiger partial charge in [0.25, 0.3) is 0 Å². The molecule has 0 saturated heterocycles. The fourth-order valence-electron chi connectivity index (χ4n) is 1.87. The van der Waals surface area contributed by atoms with Gasteiger partial charge in [-0.25, -0.2) is 0 Å². The highest BCUT2D eigenvalue weighted by atomic mass is 19.4. The van der Waals surface area contributed by atoms with Gasteiger partial charge in [-0.05, 0) is 23.6 Å². The molecule has 0 aliphatic carbocycles. The molecule has 0 aliphatic heterocycles. The van der Waals surface area contributed by atoms with Crippen LogP contribution in [0, 0.1) is 0 Å². The van der Waals surface area contributed by atoms with Gasteiger partial charge in [0.1, 0.15) is 0 Å². The summed E-state index contributed by atoms with van der Waals surface area (Å²) < 4.78 is 41.8. The van der Waals surface area contributed by atoms with Crippen LogP contribution in [0.25, 0.3) is 0 Å². The number of methoxy groups -OCH3 is 1.